The Balaban J connectivity index is 1.88. The first-order valence-electron chi connectivity index (χ1n) is 6.88. The van der Waals surface area contributed by atoms with Gasteiger partial charge in [-0.05, 0) is 38.6 Å². The average Bonchev–Trinajstić information content (AvgIpc) is 2.87. The molecule has 0 aliphatic carbocycles. The molecule has 0 amide bonds. The maximum absolute atomic E-state index is 14.2. The molecule has 1 aromatic carbocycles. The zero-order chi connectivity index (χ0) is 15.0. The number of halogens is 2. The molecule has 2 atom stereocenters. The van der Waals surface area contributed by atoms with Gasteiger partial charge in [-0.1, -0.05) is 17.7 Å². The first-order chi connectivity index (χ1) is 10.0. The van der Waals surface area contributed by atoms with Crippen molar-refractivity contribution >= 4 is 11.6 Å². The zero-order valence-corrected chi connectivity index (χ0v) is 12.4. The summed E-state index contributed by atoms with van der Waals surface area (Å²) in [6.45, 7) is 0.812. The molecule has 1 aromatic heterocycles. The number of piperidine rings is 1. The van der Waals surface area contributed by atoms with Crippen molar-refractivity contribution in [2.45, 2.75) is 24.8 Å². The molecule has 1 fully saturated rings. The molecule has 4 nitrogen and oxygen atoms in total. The second kappa shape index (κ2) is 5.66. The van der Waals surface area contributed by atoms with Gasteiger partial charge in [-0.3, -0.25) is 9.69 Å². The number of hydrogen-bond acceptors (Lipinski definition) is 3. The Labute approximate surface area is 126 Å². The van der Waals surface area contributed by atoms with Crippen LogP contribution in [-0.2, 0) is 0 Å². The largest absolute Gasteiger partial charge is 0.383 e. The summed E-state index contributed by atoms with van der Waals surface area (Å²) in [5, 5.41) is 2.71. The van der Waals surface area contributed by atoms with Crippen molar-refractivity contribution in [2.24, 2.45) is 0 Å². The van der Waals surface area contributed by atoms with Crippen LogP contribution in [0, 0.1) is 5.82 Å². The van der Waals surface area contributed by atoms with Gasteiger partial charge in [0.1, 0.15) is 11.6 Å². The fraction of sp³-hybridized carbons (Fsp3) is 0.400. The Hall–Kier alpha value is -1.59. The highest BCUT2D eigenvalue weighted by atomic mass is 35.5. The molecule has 2 aromatic rings. The third-order valence-corrected chi connectivity index (χ3v) is 4.37. The highest BCUT2D eigenvalue weighted by Gasteiger charge is 2.31. The first kappa shape index (κ1) is 14.4. The van der Waals surface area contributed by atoms with E-state index in [2.05, 4.69) is 10.1 Å². The van der Waals surface area contributed by atoms with Crippen molar-refractivity contribution in [3.63, 3.8) is 0 Å². The van der Waals surface area contributed by atoms with Crippen molar-refractivity contribution in [1.82, 2.24) is 10.1 Å². The van der Waals surface area contributed by atoms with Crippen molar-refractivity contribution in [3.05, 3.63) is 56.8 Å². The number of likely N-dealkylation sites (tertiary alicyclic amines) is 1. The molecule has 2 heterocycles. The molecule has 112 valence electrons. The van der Waals surface area contributed by atoms with Gasteiger partial charge in [0.15, 0.2) is 0 Å². The molecule has 3 rings (SSSR count). The van der Waals surface area contributed by atoms with Crippen LogP contribution in [0.4, 0.5) is 4.39 Å². The van der Waals surface area contributed by atoms with Crippen molar-refractivity contribution < 1.29 is 8.91 Å². The van der Waals surface area contributed by atoms with E-state index in [4.69, 9.17) is 16.1 Å². The number of aromatic amines is 1. The molecule has 1 N–H and O–H groups in total. The molecule has 1 saturated heterocycles. The number of nitrogens with zero attached hydrogens (tertiary/aromatic N) is 1. The van der Waals surface area contributed by atoms with E-state index in [9.17, 15) is 9.18 Å². The number of rotatable bonds is 2. The summed E-state index contributed by atoms with van der Waals surface area (Å²) in [4.78, 5) is 13.3. The fourth-order valence-electron chi connectivity index (χ4n) is 2.98. The second-order valence-electron chi connectivity index (χ2n) is 5.50. The fourth-order valence-corrected chi connectivity index (χ4v) is 3.13. The summed E-state index contributed by atoms with van der Waals surface area (Å²) < 4.78 is 19.4. The van der Waals surface area contributed by atoms with Crippen molar-refractivity contribution in [1.29, 1.82) is 0 Å². The van der Waals surface area contributed by atoms with E-state index in [1.165, 1.54) is 12.1 Å². The SMILES string of the molecule is CN1CCC(c2cc(=O)[nH]o2)CC1c1ccc(Cl)cc1F. The quantitative estimate of drug-likeness (QED) is 0.926. The molecule has 0 bridgehead atoms. The Morgan fingerprint density at radius 3 is 2.90 bits per heavy atom. The summed E-state index contributed by atoms with van der Waals surface area (Å²) in [7, 11) is 1.97. The minimum atomic E-state index is -0.296. The summed E-state index contributed by atoms with van der Waals surface area (Å²) in [5.74, 6) is 0.461. The third-order valence-electron chi connectivity index (χ3n) is 4.14. The van der Waals surface area contributed by atoms with Crippen LogP contribution in [0.2, 0.25) is 5.02 Å². The monoisotopic (exact) mass is 310 g/mol. The van der Waals surface area contributed by atoms with Gasteiger partial charge in [0.2, 0.25) is 0 Å². The zero-order valence-electron chi connectivity index (χ0n) is 11.6. The molecule has 21 heavy (non-hydrogen) atoms. The normalized spacial score (nSPS) is 23.4. The van der Waals surface area contributed by atoms with E-state index >= 15 is 0 Å². The summed E-state index contributed by atoms with van der Waals surface area (Å²) in [6, 6.07) is 6.19. The molecule has 0 spiro atoms. The van der Waals surface area contributed by atoms with Crippen LogP contribution in [0.1, 0.15) is 36.1 Å². The van der Waals surface area contributed by atoms with E-state index in [0.29, 0.717) is 22.8 Å². The topological polar surface area (TPSA) is 49.2 Å². The van der Waals surface area contributed by atoms with Gasteiger partial charge in [-0.2, -0.15) is 5.16 Å². The van der Waals surface area contributed by atoms with E-state index in [-0.39, 0.29) is 23.3 Å². The minimum Gasteiger partial charge on any atom is -0.383 e. The Morgan fingerprint density at radius 2 is 2.24 bits per heavy atom. The summed E-state index contributed by atoms with van der Waals surface area (Å²) >= 11 is 5.81. The van der Waals surface area contributed by atoms with E-state index in [0.717, 1.165) is 13.0 Å². The minimum absolute atomic E-state index is 0.0544. The molecule has 2 unspecified atom stereocenters. The molecule has 0 radical (unpaired) electrons. The molecule has 1 aliphatic heterocycles. The number of aromatic nitrogens is 1. The predicted molar refractivity (Wildman–Crippen MR) is 78.1 cm³/mol. The smallest absolute Gasteiger partial charge is 0.280 e. The maximum atomic E-state index is 14.2. The highest BCUT2D eigenvalue weighted by Crippen LogP contribution is 2.39. The van der Waals surface area contributed by atoms with Crippen LogP contribution in [0.25, 0.3) is 0 Å². The van der Waals surface area contributed by atoms with Gasteiger partial charge in [0.05, 0.1) is 0 Å². The van der Waals surface area contributed by atoms with E-state index in [1.54, 1.807) is 12.1 Å². The third kappa shape index (κ3) is 2.89. The summed E-state index contributed by atoms with van der Waals surface area (Å²) in [6.07, 6.45) is 1.58. The lowest BCUT2D eigenvalue weighted by Crippen LogP contribution is -2.33. The van der Waals surface area contributed by atoms with Gasteiger partial charge >= 0.3 is 0 Å². The molecule has 1 aliphatic rings. The Bertz CT molecular complexity index is 697. The lowest BCUT2D eigenvalue weighted by atomic mass is 9.86. The van der Waals surface area contributed by atoms with Crippen molar-refractivity contribution in [3.8, 4) is 0 Å². The highest BCUT2D eigenvalue weighted by molar-refractivity contribution is 6.30. The van der Waals surface area contributed by atoms with Gasteiger partial charge < -0.3 is 4.52 Å². The lowest BCUT2D eigenvalue weighted by Gasteiger charge is -2.36. The van der Waals surface area contributed by atoms with Crippen LogP contribution in [0.5, 0.6) is 0 Å². The number of nitrogens with one attached hydrogen (secondary N) is 1. The van der Waals surface area contributed by atoms with E-state index < -0.39 is 0 Å². The standard InChI is InChI=1S/C15H16ClFN2O2/c1-19-5-4-9(14-8-15(20)18-21-14)6-13(19)11-3-2-10(16)7-12(11)17/h2-3,7-9,13H,4-6H2,1H3,(H,18,20). The van der Waals surface area contributed by atoms with Crippen LogP contribution >= 0.6 is 11.6 Å². The average molecular weight is 311 g/mol. The Morgan fingerprint density at radius 1 is 1.43 bits per heavy atom. The van der Waals surface area contributed by atoms with Gasteiger partial charge in [0, 0.05) is 28.6 Å². The molecular formula is C15H16ClFN2O2. The molecular weight excluding hydrogens is 295 g/mol. The van der Waals surface area contributed by atoms with Gasteiger partial charge in [-0.25, -0.2) is 4.39 Å². The number of benzene rings is 1. The number of H-pyrrole nitrogens is 1. The second-order valence-corrected chi connectivity index (χ2v) is 5.94. The summed E-state index contributed by atoms with van der Waals surface area (Å²) in [5.41, 5.74) is 0.391. The van der Waals surface area contributed by atoms with Crippen LogP contribution < -0.4 is 5.56 Å². The van der Waals surface area contributed by atoms with Crippen LogP contribution in [0.15, 0.2) is 33.6 Å². The van der Waals surface area contributed by atoms with E-state index in [1.807, 2.05) is 7.05 Å². The maximum Gasteiger partial charge on any atom is 0.280 e. The van der Waals surface area contributed by atoms with Gasteiger partial charge in [-0.15, -0.1) is 0 Å². The van der Waals surface area contributed by atoms with Gasteiger partial charge in [0.25, 0.3) is 5.56 Å². The predicted octanol–water partition coefficient (Wildman–Crippen LogP) is 3.31. The van der Waals surface area contributed by atoms with Crippen LogP contribution in [-0.4, -0.2) is 23.6 Å². The Kier molecular flexibility index (Phi) is 3.87. The lowest BCUT2D eigenvalue weighted by molar-refractivity contribution is 0.154. The van der Waals surface area contributed by atoms with Crippen LogP contribution in [0.3, 0.4) is 0 Å². The molecule has 6 heteroatoms. The van der Waals surface area contributed by atoms with Crippen molar-refractivity contribution in [2.75, 3.05) is 13.6 Å². The molecule has 0 saturated carbocycles. The number of hydrogen-bond donors (Lipinski definition) is 1. The first-order valence-corrected chi connectivity index (χ1v) is 7.26.